The van der Waals surface area contributed by atoms with Gasteiger partial charge in [-0.1, -0.05) is 17.8 Å². The number of imidazole rings is 1. The minimum Gasteiger partial charge on any atom is -0.497 e. The molecule has 0 aliphatic rings. The van der Waals surface area contributed by atoms with Gasteiger partial charge in [-0.05, 0) is 12.1 Å². The van der Waals surface area contributed by atoms with Crippen LogP contribution in [0.4, 0.5) is 11.9 Å². The average Bonchev–Trinajstić information content (AvgIpc) is 3.08. The van der Waals surface area contributed by atoms with Gasteiger partial charge in [0.1, 0.15) is 11.6 Å². The third kappa shape index (κ3) is 4.00. The van der Waals surface area contributed by atoms with Crippen LogP contribution in [0, 0.1) is 0 Å². The third-order valence-corrected chi connectivity index (χ3v) is 4.32. The fourth-order valence-corrected chi connectivity index (χ4v) is 3.00. The molecule has 2 N–H and O–H groups in total. The molecule has 8 nitrogen and oxygen atoms in total. The van der Waals surface area contributed by atoms with E-state index in [9.17, 15) is 0 Å². The molecule has 3 aromatic rings. The van der Waals surface area contributed by atoms with Gasteiger partial charge in [0, 0.05) is 32.6 Å². The van der Waals surface area contributed by atoms with Gasteiger partial charge in [-0.3, -0.25) is 4.57 Å². The number of hydrogen-bond donors (Lipinski definition) is 1. The summed E-state index contributed by atoms with van der Waals surface area (Å²) in [7, 11) is 5.37. The zero-order valence-corrected chi connectivity index (χ0v) is 15.1. The highest BCUT2D eigenvalue weighted by Crippen LogP contribution is 2.25. The van der Waals surface area contributed by atoms with Gasteiger partial charge in [0.25, 0.3) is 0 Å². The molecular formula is C16H19N7OS. The number of methoxy groups -OCH3 is 1. The van der Waals surface area contributed by atoms with Gasteiger partial charge in [0.2, 0.25) is 11.9 Å². The average molecular weight is 357 g/mol. The lowest BCUT2D eigenvalue weighted by Crippen LogP contribution is -2.16. The number of ether oxygens (including phenoxy) is 1. The lowest BCUT2D eigenvalue weighted by Gasteiger charge is -2.11. The predicted molar refractivity (Wildman–Crippen MR) is 98.2 cm³/mol. The second-order valence-corrected chi connectivity index (χ2v) is 6.32. The Morgan fingerprint density at radius 1 is 1.24 bits per heavy atom. The summed E-state index contributed by atoms with van der Waals surface area (Å²) in [5.74, 6) is 2.70. The first kappa shape index (κ1) is 17.0. The van der Waals surface area contributed by atoms with Crippen LogP contribution < -0.4 is 15.4 Å². The summed E-state index contributed by atoms with van der Waals surface area (Å²) in [5, 5.41) is 0.832. The molecule has 0 saturated heterocycles. The van der Waals surface area contributed by atoms with Crippen molar-refractivity contribution >= 4 is 23.7 Å². The number of nitrogens with zero attached hydrogens (tertiary/aromatic N) is 6. The van der Waals surface area contributed by atoms with E-state index in [0.29, 0.717) is 17.5 Å². The highest BCUT2D eigenvalue weighted by molar-refractivity contribution is 7.98. The summed E-state index contributed by atoms with van der Waals surface area (Å²) in [6.45, 7) is 0. The molecule has 9 heteroatoms. The van der Waals surface area contributed by atoms with Gasteiger partial charge in [-0.25, -0.2) is 4.98 Å². The summed E-state index contributed by atoms with van der Waals surface area (Å²) < 4.78 is 7.28. The summed E-state index contributed by atoms with van der Waals surface area (Å²) >= 11 is 1.53. The van der Waals surface area contributed by atoms with Crippen LogP contribution in [0.15, 0.2) is 41.8 Å². The third-order valence-electron chi connectivity index (χ3n) is 3.36. The first-order valence-electron chi connectivity index (χ1n) is 7.55. The van der Waals surface area contributed by atoms with Crippen LogP contribution in [0.2, 0.25) is 0 Å². The molecule has 0 fully saturated rings. The van der Waals surface area contributed by atoms with Gasteiger partial charge >= 0.3 is 0 Å². The van der Waals surface area contributed by atoms with E-state index in [1.165, 1.54) is 11.8 Å². The molecule has 0 aliphatic carbocycles. The monoisotopic (exact) mass is 357 g/mol. The molecule has 0 unspecified atom stereocenters. The van der Waals surface area contributed by atoms with Gasteiger partial charge in [0.05, 0.1) is 18.6 Å². The Bertz CT molecular complexity index is 865. The van der Waals surface area contributed by atoms with Crippen molar-refractivity contribution in [1.82, 2.24) is 24.5 Å². The molecule has 0 aliphatic heterocycles. The van der Waals surface area contributed by atoms with E-state index in [-0.39, 0.29) is 5.95 Å². The number of rotatable bonds is 6. The second-order valence-electron chi connectivity index (χ2n) is 5.37. The quantitative estimate of drug-likeness (QED) is 0.670. The van der Waals surface area contributed by atoms with Crippen LogP contribution in [0.25, 0.3) is 5.69 Å². The fraction of sp³-hybridized carbons (Fsp3) is 0.250. The molecule has 2 aromatic heterocycles. The number of hydrogen-bond acceptors (Lipinski definition) is 8. The van der Waals surface area contributed by atoms with E-state index in [4.69, 9.17) is 10.5 Å². The first-order chi connectivity index (χ1) is 12.1. The molecule has 2 heterocycles. The first-order valence-corrected chi connectivity index (χ1v) is 8.53. The van der Waals surface area contributed by atoms with Crippen molar-refractivity contribution in [2.24, 2.45) is 0 Å². The van der Waals surface area contributed by atoms with E-state index >= 15 is 0 Å². The van der Waals surface area contributed by atoms with Crippen LogP contribution >= 0.6 is 11.8 Å². The number of nitrogens with two attached hydrogens (primary N) is 1. The van der Waals surface area contributed by atoms with Gasteiger partial charge in [-0.15, -0.1) is 0 Å². The smallest absolute Gasteiger partial charge is 0.229 e. The molecule has 1 aromatic carbocycles. The van der Waals surface area contributed by atoms with Crippen LogP contribution in [-0.4, -0.2) is 45.7 Å². The number of nitrogen functional groups attached to an aromatic ring is 1. The number of benzene rings is 1. The Labute approximate surface area is 150 Å². The summed E-state index contributed by atoms with van der Waals surface area (Å²) in [5.41, 5.74) is 6.74. The minimum atomic E-state index is 0.213. The molecule has 25 heavy (non-hydrogen) atoms. The maximum absolute atomic E-state index is 5.77. The maximum Gasteiger partial charge on any atom is 0.229 e. The summed E-state index contributed by atoms with van der Waals surface area (Å²) in [6, 6.07) is 7.80. The molecular weight excluding hydrogens is 338 g/mol. The number of thioether (sulfide) groups is 1. The van der Waals surface area contributed by atoms with Crippen LogP contribution in [-0.2, 0) is 5.75 Å². The molecule has 0 bridgehead atoms. The number of aromatic nitrogens is 5. The molecule has 0 atom stereocenters. The highest BCUT2D eigenvalue weighted by Gasteiger charge is 2.10. The van der Waals surface area contributed by atoms with Crippen molar-refractivity contribution in [1.29, 1.82) is 0 Å². The number of anilines is 2. The van der Waals surface area contributed by atoms with Gasteiger partial charge in [-0.2, -0.15) is 15.0 Å². The van der Waals surface area contributed by atoms with Crippen LogP contribution in [0.1, 0.15) is 5.82 Å². The molecule has 3 rings (SSSR count). The van der Waals surface area contributed by atoms with E-state index in [1.54, 1.807) is 18.2 Å². The van der Waals surface area contributed by atoms with Gasteiger partial charge < -0.3 is 15.4 Å². The van der Waals surface area contributed by atoms with Crippen molar-refractivity contribution in [2.75, 3.05) is 31.8 Å². The minimum absolute atomic E-state index is 0.213. The van der Waals surface area contributed by atoms with Crippen molar-refractivity contribution < 1.29 is 4.74 Å². The standard InChI is InChI=1S/C16H19N7OS/c1-22(2)15-20-13(19-14(17)21-15)10-25-16-18-7-8-23(16)11-5-4-6-12(9-11)24-3/h4-9H,10H2,1-3H3,(H2,17,19,20,21). The maximum atomic E-state index is 5.77. The van der Waals surface area contributed by atoms with Crippen LogP contribution in [0.3, 0.4) is 0 Å². The van der Waals surface area contributed by atoms with Gasteiger partial charge in [0.15, 0.2) is 5.16 Å². The Kier molecular flexibility index (Phi) is 5.03. The zero-order valence-electron chi connectivity index (χ0n) is 14.2. The molecule has 0 saturated carbocycles. The molecule has 0 spiro atoms. The van der Waals surface area contributed by atoms with E-state index in [2.05, 4.69) is 19.9 Å². The second kappa shape index (κ2) is 7.39. The van der Waals surface area contributed by atoms with E-state index in [1.807, 2.05) is 49.1 Å². The normalized spacial score (nSPS) is 10.7. The van der Waals surface area contributed by atoms with Crippen molar-refractivity contribution in [3.8, 4) is 11.4 Å². The van der Waals surface area contributed by atoms with Crippen LogP contribution in [0.5, 0.6) is 5.75 Å². The lowest BCUT2D eigenvalue weighted by atomic mass is 10.3. The topological polar surface area (TPSA) is 95.0 Å². The Hall–Kier alpha value is -2.81. The Morgan fingerprint density at radius 3 is 2.84 bits per heavy atom. The van der Waals surface area contributed by atoms with Crippen molar-refractivity contribution in [3.05, 3.63) is 42.5 Å². The highest BCUT2D eigenvalue weighted by atomic mass is 32.2. The molecule has 0 radical (unpaired) electrons. The van der Waals surface area contributed by atoms with Crippen molar-refractivity contribution in [2.45, 2.75) is 10.9 Å². The Balaban J connectivity index is 1.80. The lowest BCUT2D eigenvalue weighted by molar-refractivity contribution is 0.414. The van der Waals surface area contributed by atoms with E-state index in [0.717, 1.165) is 16.6 Å². The Morgan fingerprint density at radius 2 is 2.08 bits per heavy atom. The van der Waals surface area contributed by atoms with Crippen molar-refractivity contribution in [3.63, 3.8) is 0 Å². The SMILES string of the molecule is COc1cccc(-n2ccnc2SCc2nc(N)nc(N(C)C)n2)c1. The zero-order chi connectivity index (χ0) is 17.8. The predicted octanol–water partition coefficient (Wildman–Crippen LogP) is 2.01. The largest absolute Gasteiger partial charge is 0.497 e. The fourth-order valence-electron chi connectivity index (χ4n) is 2.17. The summed E-state index contributed by atoms with van der Waals surface area (Å²) in [4.78, 5) is 18.9. The molecule has 130 valence electrons. The molecule has 0 amide bonds. The van der Waals surface area contributed by atoms with E-state index < -0.39 is 0 Å². The summed E-state index contributed by atoms with van der Waals surface area (Å²) in [6.07, 6.45) is 3.67.